The normalized spacial score (nSPS) is 22.4. The van der Waals surface area contributed by atoms with Crippen LogP contribution in [-0.2, 0) is 4.79 Å². The molecule has 1 amide bonds. The molecule has 1 aliphatic rings. The van der Waals surface area contributed by atoms with Crippen LogP contribution in [0.25, 0.3) is 0 Å². The molecule has 1 atom stereocenters. The maximum absolute atomic E-state index is 12.2. The molecule has 3 heteroatoms. The van der Waals surface area contributed by atoms with E-state index in [-0.39, 0.29) is 22.2 Å². The molecule has 0 aromatic heterocycles. The smallest absolute Gasteiger partial charge is 0.220 e. The van der Waals surface area contributed by atoms with Crippen molar-refractivity contribution in [3.63, 3.8) is 0 Å². The predicted molar refractivity (Wildman–Crippen MR) is 85.3 cm³/mol. The number of nitrogens with one attached hydrogen (secondary N) is 1. The zero-order chi connectivity index (χ0) is 15.8. The first-order valence-electron chi connectivity index (χ1n) is 7.94. The SMILES string of the molecule is CC(C)(C)C(CCN)CCC(=O)NC1C(C)(C)C1(C)C. The molecule has 20 heavy (non-hydrogen) atoms. The number of rotatable bonds is 6. The largest absolute Gasteiger partial charge is 0.352 e. The van der Waals surface area contributed by atoms with Crippen LogP contribution in [0.15, 0.2) is 0 Å². The van der Waals surface area contributed by atoms with Crippen LogP contribution in [0.4, 0.5) is 0 Å². The Morgan fingerprint density at radius 1 is 1.15 bits per heavy atom. The van der Waals surface area contributed by atoms with Crippen molar-refractivity contribution in [2.75, 3.05) is 6.54 Å². The number of amides is 1. The first-order chi connectivity index (χ1) is 8.94. The number of nitrogens with two attached hydrogens (primary N) is 1. The molecule has 0 heterocycles. The van der Waals surface area contributed by atoms with E-state index in [4.69, 9.17) is 5.73 Å². The van der Waals surface area contributed by atoms with Gasteiger partial charge in [-0.05, 0) is 41.5 Å². The summed E-state index contributed by atoms with van der Waals surface area (Å²) in [5.41, 5.74) is 6.34. The van der Waals surface area contributed by atoms with Gasteiger partial charge >= 0.3 is 0 Å². The van der Waals surface area contributed by atoms with Gasteiger partial charge in [-0.3, -0.25) is 4.79 Å². The van der Waals surface area contributed by atoms with E-state index in [0.717, 1.165) is 12.8 Å². The fraction of sp³-hybridized carbons (Fsp3) is 0.941. The molecule has 3 nitrogen and oxygen atoms in total. The standard InChI is InChI=1S/C17H34N2O/c1-15(2,3)12(10-11-18)8-9-13(20)19-14-16(4,5)17(14,6)7/h12,14H,8-11,18H2,1-7H3,(H,19,20). The van der Waals surface area contributed by atoms with Crippen molar-refractivity contribution in [1.82, 2.24) is 5.32 Å². The molecule has 118 valence electrons. The molecular formula is C17H34N2O. The minimum atomic E-state index is 0.194. The van der Waals surface area contributed by atoms with E-state index in [1.54, 1.807) is 0 Å². The van der Waals surface area contributed by atoms with Crippen LogP contribution in [0.3, 0.4) is 0 Å². The quantitative estimate of drug-likeness (QED) is 0.785. The second-order valence-corrected chi connectivity index (χ2v) is 8.62. The predicted octanol–water partition coefficient (Wildman–Crippen LogP) is 3.33. The number of hydrogen-bond donors (Lipinski definition) is 2. The highest BCUT2D eigenvalue weighted by molar-refractivity contribution is 5.77. The van der Waals surface area contributed by atoms with Crippen LogP contribution in [0.1, 0.15) is 67.7 Å². The average molecular weight is 282 g/mol. The van der Waals surface area contributed by atoms with E-state index in [2.05, 4.69) is 53.8 Å². The van der Waals surface area contributed by atoms with Crippen LogP contribution in [-0.4, -0.2) is 18.5 Å². The highest BCUT2D eigenvalue weighted by Crippen LogP contribution is 2.62. The van der Waals surface area contributed by atoms with Crippen molar-refractivity contribution in [2.45, 2.75) is 73.8 Å². The highest BCUT2D eigenvalue weighted by atomic mass is 16.1. The van der Waals surface area contributed by atoms with E-state index < -0.39 is 0 Å². The summed E-state index contributed by atoms with van der Waals surface area (Å²) in [6.45, 7) is 16.3. The van der Waals surface area contributed by atoms with Crippen molar-refractivity contribution < 1.29 is 4.79 Å². The van der Waals surface area contributed by atoms with Crippen molar-refractivity contribution in [3.8, 4) is 0 Å². The third-order valence-corrected chi connectivity index (χ3v) is 5.79. The fourth-order valence-electron chi connectivity index (χ4n) is 3.31. The second kappa shape index (κ2) is 5.67. The van der Waals surface area contributed by atoms with Gasteiger partial charge in [0.05, 0.1) is 0 Å². The van der Waals surface area contributed by atoms with Gasteiger partial charge in [0.1, 0.15) is 0 Å². The lowest BCUT2D eigenvalue weighted by molar-refractivity contribution is -0.122. The third-order valence-electron chi connectivity index (χ3n) is 5.79. The second-order valence-electron chi connectivity index (χ2n) is 8.62. The summed E-state index contributed by atoms with van der Waals surface area (Å²) in [4.78, 5) is 12.2. The highest BCUT2D eigenvalue weighted by Gasteiger charge is 2.65. The number of hydrogen-bond acceptors (Lipinski definition) is 2. The van der Waals surface area contributed by atoms with Crippen molar-refractivity contribution in [3.05, 3.63) is 0 Å². The van der Waals surface area contributed by atoms with Gasteiger partial charge in [-0.1, -0.05) is 48.5 Å². The van der Waals surface area contributed by atoms with Crippen LogP contribution in [0, 0.1) is 22.2 Å². The lowest BCUT2D eigenvalue weighted by Crippen LogP contribution is -2.31. The van der Waals surface area contributed by atoms with E-state index in [9.17, 15) is 4.79 Å². The Kier molecular flexibility index (Phi) is 4.95. The number of carbonyl (C=O) groups is 1. The molecule has 1 unspecified atom stereocenters. The molecule has 1 rings (SSSR count). The van der Waals surface area contributed by atoms with Gasteiger partial charge in [0, 0.05) is 12.5 Å². The molecule has 0 spiro atoms. The lowest BCUT2D eigenvalue weighted by atomic mass is 9.76. The van der Waals surface area contributed by atoms with Crippen LogP contribution < -0.4 is 11.1 Å². The van der Waals surface area contributed by atoms with Crippen molar-refractivity contribution in [2.24, 2.45) is 27.9 Å². The molecule has 0 aliphatic heterocycles. The Morgan fingerprint density at radius 3 is 2.00 bits per heavy atom. The van der Waals surface area contributed by atoms with E-state index in [0.29, 0.717) is 24.9 Å². The fourth-order valence-corrected chi connectivity index (χ4v) is 3.31. The molecule has 1 aliphatic carbocycles. The molecule has 0 bridgehead atoms. The zero-order valence-corrected chi connectivity index (χ0v) is 14.5. The Hall–Kier alpha value is -0.570. The molecule has 1 saturated carbocycles. The van der Waals surface area contributed by atoms with Crippen LogP contribution in [0.2, 0.25) is 0 Å². The van der Waals surface area contributed by atoms with Gasteiger partial charge in [0.15, 0.2) is 0 Å². The first kappa shape index (κ1) is 17.5. The minimum absolute atomic E-state index is 0.194. The summed E-state index contributed by atoms with van der Waals surface area (Å²) in [6, 6.07) is 0.310. The molecule has 1 fully saturated rings. The van der Waals surface area contributed by atoms with Gasteiger partial charge in [0.2, 0.25) is 5.91 Å². The summed E-state index contributed by atoms with van der Waals surface area (Å²) in [5, 5.41) is 3.21. The number of carbonyl (C=O) groups excluding carboxylic acids is 1. The van der Waals surface area contributed by atoms with E-state index in [1.165, 1.54) is 0 Å². The van der Waals surface area contributed by atoms with E-state index in [1.807, 2.05) is 0 Å². The molecule has 0 aromatic carbocycles. The maximum atomic E-state index is 12.2. The summed E-state index contributed by atoms with van der Waals surface area (Å²) in [5.74, 6) is 0.707. The van der Waals surface area contributed by atoms with Gasteiger partial charge < -0.3 is 11.1 Å². The summed E-state index contributed by atoms with van der Waals surface area (Å²) in [7, 11) is 0. The van der Waals surface area contributed by atoms with Gasteiger partial charge in [-0.15, -0.1) is 0 Å². The monoisotopic (exact) mass is 282 g/mol. The summed E-state index contributed by atoms with van der Waals surface area (Å²) in [6.07, 6.45) is 2.54. The Labute approximate surface area is 125 Å². The molecule has 0 aromatic rings. The van der Waals surface area contributed by atoms with Crippen LogP contribution in [0.5, 0.6) is 0 Å². The van der Waals surface area contributed by atoms with Gasteiger partial charge in [-0.2, -0.15) is 0 Å². The van der Waals surface area contributed by atoms with Crippen molar-refractivity contribution in [1.29, 1.82) is 0 Å². The average Bonchev–Trinajstić information content (AvgIpc) is 2.65. The summed E-state index contributed by atoms with van der Waals surface area (Å²) < 4.78 is 0. The lowest BCUT2D eigenvalue weighted by Gasteiger charge is -2.30. The molecular weight excluding hydrogens is 248 g/mol. The summed E-state index contributed by atoms with van der Waals surface area (Å²) >= 11 is 0. The van der Waals surface area contributed by atoms with Crippen molar-refractivity contribution >= 4 is 5.91 Å². The minimum Gasteiger partial charge on any atom is -0.352 e. The van der Waals surface area contributed by atoms with E-state index >= 15 is 0 Å². The third kappa shape index (κ3) is 3.55. The Balaban J connectivity index is 2.44. The van der Waals surface area contributed by atoms with Crippen LogP contribution >= 0.6 is 0 Å². The van der Waals surface area contributed by atoms with Gasteiger partial charge in [0.25, 0.3) is 0 Å². The topological polar surface area (TPSA) is 55.1 Å². The Bertz CT molecular complexity index is 338. The molecule has 3 N–H and O–H groups in total. The maximum Gasteiger partial charge on any atom is 0.220 e. The molecule has 0 radical (unpaired) electrons. The zero-order valence-electron chi connectivity index (χ0n) is 14.5. The molecule has 0 saturated heterocycles. The van der Waals surface area contributed by atoms with Gasteiger partial charge in [-0.25, -0.2) is 0 Å². The first-order valence-corrected chi connectivity index (χ1v) is 7.94. The Morgan fingerprint density at radius 2 is 1.65 bits per heavy atom.